The lowest BCUT2D eigenvalue weighted by molar-refractivity contribution is 0.101. The number of halogens is 1. The Bertz CT molecular complexity index is 934. The minimum absolute atomic E-state index is 0.155. The number of benzene rings is 2. The maximum Gasteiger partial charge on any atom is 0.277 e. The van der Waals surface area contributed by atoms with Gasteiger partial charge in [0.1, 0.15) is 5.82 Å². The largest absolute Gasteiger partial charge is 0.370 e. The van der Waals surface area contributed by atoms with Crippen LogP contribution in [0, 0.1) is 5.82 Å². The number of rotatable bonds is 4. The van der Waals surface area contributed by atoms with Crippen LogP contribution in [0.3, 0.4) is 0 Å². The number of aromatic nitrogens is 1. The van der Waals surface area contributed by atoms with E-state index < -0.39 is 11.7 Å². The van der Waals surface area contributed by atoms with Crippen molar-refractivity contribution < 1.29 is 13.7 Å². The second kappa shape index (κ2) is 7.61. The first-order chi connectivity index (χ1) is 13.2. The fraction of sp³-hybridized carbons (Fsp3) is 0.238. The summed E-state index contributed by atoms with van der Waals surface area (Å²) < 4.78 is 19.1. The summed E-state index contributed by atoms with van der Waals surface area (Å²) in [7, 11) is 0. The molecule has 3 aromatic rings. The van der Waals surface area contributed by atoms with Crippen LogP contribution < -0.4 is 10.2 Å². The lowest BCUT2D eigenvalue weighted by Crippen LogP contribution is -2.30. The number of nitrogens with one attached hydrogen (secondary N) is 1. The summed E-state index contributed by atoms with van der Waals surface area (Å²) in [5, 5.41) is 6.65. The summed E-state index contributed by atoms with van der Waals surface area (Å²) in [5.74, 6) is -0.308. The minimum Gasteiger partial charge on any atom is -0.370 e. The normalized spacial score (nSPS) is 14.2. The van der Waals surface area contributed by atoms with Crippen LogP contribution in [0.15, 0.2) is 59.1 Å². The van der Waals surface area contributed by atoms with Gasteiger partial charge in [-0.1, -0.05) is 35.5 Å². The molecule has 0 radical (unpaired) electrons. The third-order valence-corrected chi connectivity index (χ3v) is 4.70. The molecular weight excluding hydrogens is 345 g/mol. The van der Waals surface area contributed by atoms with Gasteiger partial charge in [0.25, 0.3) is 5.91 Å². The molecule has 0 aliphatic carbocycles. The fourth-order valence-electron chi connectivity index (χ4n) is 3.33. The molecule has 138 valence electrons. The summed E-state index contributed by atoms with van der Waals surface area (Å²) in [6.07, 6.45) is 3.38. The van der Waals surface area contributed by atoms with Crippen molar-refractivity contribution in [1.29, 1.82) is 0 Å². The predicted molar refractivity (Wildman–Crippen MR) is 102 cm³/mol. The number of hydrogen-bond donors (Lipinski definition) is 1. The standard InChI is InChI=1S/C21H20FN3O2/c22-16-9-10-19(25-11-5-2-6-12-25)17(13-16)23-21(26)18-14-20(27-24-18)15-7-3-1-4-8-15/h1,3-4,7-10,13-14H,2,5-6,11-12H2,(H,23,26). The predicted octanol–water partition coefficient (Wildman–Crippen LogP) is 4.72. The molecular formula is C21H20FN3O2. The Morgan fingerprint density at radius 2 is 1.81 bits per heavy atom. The molecule has 1 saturated heterocycles. The highest BCUT2D eigenvalue weighted by Crippen LogP contribution is 2.30. The van der Waals surface area contributed by atoms with Crippen LogP contribution in [-0.2, 0) is 0 Å². The molecule has 27 heavy (non-hydrogen) atoms. The molecule has 1 aliphatic rings. The molecule has 0 saturated carbocycles. The van der Waals surface area contributed by atoms with Gasteiger partial charge in [0.05, 0.1) is 11.4 Å². The second-order valence-electron chi connectivity index (χ2n) is 6.61. The van der Waals surface area contributed by atoms with E-state index in [1.54, 1.807) is 12.1 Å². The van der Waals surface area contributed by atoms with E-state index in [-0.39, 0.29) is 5.69 Å². The van der Waals surface area contributed by atoms with Crippen LogP contribution >= 0.6 is 0 Å². The van der Waals surface area contributed by atoms with Gasteiger partial charge in [-0.3, -0.25) is 4.79 Å². The number of piperidine rings is 1. The maximum absolute atomic E-state index is 13.8. The Hall–Kier alpha value is -3.15. The van der Waals surface area contributed by atoms with Crippen molar-refractivity contribution in [1.82, 2.24) is 5.16 Å². The quantitative estimate of drug-likeness (QED) is 0.727. The zero-order valence-corrected chi connectivity index (χ0v) is 14.8. The number of carbonyl (C=O) groups is 1. The first kappa shape index (κ1) is 17.3. The Morgan fingerprint density at radius 3 is 2.59 bits per heavy atom. The third-order valence-electron chi connectivity index (χ3n) is 4.70. The van der Waals surface area contributed by atoms with Crippen molar-refractivity contribution in [2.75, 3.05) is 23.3 Å². The molecule has 1 aliphatic heterocycles. The molecule has 1 amide bonds. The van der Waals surface area contributed by atoms with E-state index in [1.165, 1.54) is 18.6 Å². The van der Waals surface area contributed by atoms with Crippen LogP contribution in [0.1, 0.15) is 29.8 Å². The van der Waals surface area contributed by atoms with Crippen LogP contribution in [0.4, 0.5) is 15.8 Å². The second-order valence-corrected chi connectivity index (χ2v) is 6.61. The van der Waals surface area contributed by atoms with Crippen molar-refractivity contribution in [2.45, 2.75) is 19.3 Å². The van der Waals surface area contributed by atoms with Gasteiger partial charge in [-0.25, -0.2) is 4.39 Å². The molecule has 6 heteroatoms. The molecule has 2 heterocycles. The highest BCUT2D eigenvalue weighted by molar-refractivity contribution is 6.05. The first-order valence-corrected chi connectivity index (χ1v) is 9.09. The molecule has 2 aromatic carbocycles. The molecule has 0 bridgehead atoms. The van der Waals surface area contributed by atoms with Crippen LogP contribution in [-0.4, -0.2) is 24.2 Å². The number of amides is 1. The van der Waals surface area contributed by atoms with E-state index in [1.807, 2.05) is 30.3 Å². The van der Waals surface area contributed by atoms with Gasteiger partial charge >= 0.3 is 0 Å². The minimum atomic E-state index is -0.426. The number of hydrogen-bond acceptors (Lipinski definition) is 4. The van der Waals surface area contributed by atoms with Gasteiger partial charge in [0, 0.05) is 24.7 Å². The highest BCUT2D eigenvalue weighted by Gasteiger charge is 2.19. The van der Waals surface area contributed by atoms with Gasteiger partial charge in [-0.2, -0.15) is 0 Å². The Kier molecular flexibility index (Phi) is 4.87. The SMILES string of the molecule is O=C(Nc1cc(F)ccc1N1CCCCC1)c1cc(-c2ccccc2)on1. The van der Waals surface area contributed by atoms with Crippen molar-refractivity contribution in [2.24, 2.45) is 0 Å². The van der Waals surface area contributed by atoms with Crippen LogP contribution in [0.2, 0.25) is 0 Å². The van der Waals surface area contributed by atoms with Gasteiger partial charge in [0.2, 0.25) is 0 Å². The Balaban J connectivity index is 1.56. The van der Waals surface area contributed by atoms with Gasteiger partial charge < -0.3 is 14.7 Å². The van der Waals surface area contributed by atoms with Crippen molar-refractivity contribution in [3.8, 4) is 11.3 Å². The number of carbonyl (C=O) groups excluding carboxylic acids is 1. The molecule has 1 N–H and O–H groups in total. The first-order valence-electron chi connectivity index (χ1n) is 9.09. The number of nitrogens with zero attached hydrogens (tertiary/aromatic N) is 2. The molecule has 1 fully saturated rings. The van der Waals surface area contributed by atoms with Crippen LogP contribution in [0.25, 0.3) is 11.3 Å². The van der Waals surface area contributed by atoms with Crippen molar-refractivity contribution in [3.05, 3.63) is 66.1 Å². The molecule has 0 atom stereocenters. The smallest absolute Gasteiger partial charge is 0.277 e. The molecule has 5 nitrogen and oxygen atoms in total. The van der Waals surface area contributed by atoms with Crippen molar-refractivity contribution in [3.63, 3.8) is 0 Å². The molecule has 1 aromatic heterocycles. The van der Waals surface area contributed by atoms with Gasteiger partial charge in [-0.15, -0.1) is 0 Å². The van der Waals surface area contributed by atoms with Crippen LogP contribution in [0.5, 0.6) is 0 Å². The average molecular weight is 365 g/mol. The lowest BCUT2D eigenvalue weighted by Gasteiger charge is -2.30. The maximum atomic E-state index is 13.8. The lowest BCUT2D eigenvalue weighted by atomic mass is 10.1. The zero-order chi connectivity index (χ0) is 18.6. The van der Waals surface area contributed by atoms with Gasteiger partial charge in [0.15, 0.2) is 11.5 Å². The molecule has 4 rings (SSSR count). The number of anilines is 2. The van der Waals surface area contributed by atoms with E-state index in [2.05, 4.69) is 15.4 Å². The molecule has 0 unspecified atom stereocenters. The van der Waals surface area contributed by atoms with E-state index in [9.17, 15) is 9.18 Å². The average Bonchev–Trinajstić information content (AvgIpc) is 3.20. The van der Waals surface area contributed by atoms with Gasteiger partial charge in [-0.05, 0) is 37.5 Å². The highest BCUT2D eigenvalue weighted by atomic mass is 19.1. The fourth-order valence-corrected chi connectivity index (χ4v) is 3.33. The topological polar surface area (TPSA) is 58.4 Å². The summed E-state index contributed by atoms with van der Waals surface area (Å²) in [5.41, 5.74) is 2.27. The van der Waals surface area contributed by atoms with E-state index in [0.717, 1.165) is 37.2 Å². The van der Waals surface area contributed by atoms with Crippen molar-refractivity contribution >= 4 is 17.3 Å². The Labute approximate surface area is 156 Å². The summed E-state index contributed by atoms with van der Waals surface area (Å²) in [4.78, 5) is 14.8. The summed E-state index contributed by atoms with van der Waals surface area (Å²) >= 11 is 0. The zero-order valence-electron chi connectivity index (χ0n) is 14.8. The van der Waals surface area contributed by atoms with E-state index in [0.29, 0.717) is 11.4 Å². The summed E-state index contributed by atoms with van der Waals surface area (Å²) in [6.45, 7) is 1.80. The van der Waals surface area contributed by atoms with E-state index >= 15 is 0 Å². The monoisotopic (exact) mass is 365 g/mol. The third kappa shape index (κ3) is 3.84. The summed E-state index contributed by atoms with van der Waals surface area (Å²) in [6, 6.07) is 15.5. The van der Waals surface area contributed by atoms with E-state index in [4.69, 9.17) is 4.52 Å². The molecule has 0 spiro atoms. The Morgan fingerprint density at radius 1 is 1.04 bits per heavy atom.